The Morgan fingerprint density at radius 2 is 1.90 bits per heavy atom. The van der Waals surface area contributed by atoms with Crippen LogP contribution in [-0.2, 0) is 21.1 Å². The molecule has 2 aromatic rings. The highest BCUT2D eigenvalue weighted by Gasteiger charge is 2.76. The van der Waals surface area contributed by atoms with Crippen LogP contribution >= 0.6 is 11.8 Å². The van der Waals surface area contributed by atoms with Crippen LogP contribution in [0.5, 0.6) is 0 Å². The highest BCUT2D eigenvalue weighted by Crippen LogP contribution is 2.69. The van der Waals surface area contributed by atoms with E-state index in [1.165, 1.54) is 0 Å². The van der Waals surface area contributed by atoms with Crippen LogP contribution in [-0.4, -0.2) is 101 Å². The van der Waals surface area contributed by atoms with E-state index in [0.717, 1.165) is 23.9 Å². The SMILES string of the molecule is C=CCN(Cn1nnc2ccccc21)C(=O)C1N(CCCCO)C(=O)[C@@H]2[C@H](C(=O)N(CC=C)CCC)[C@@H]3CC(C)C12S3. The Bertz CT molecular complexity index is 1350. The van der Waals surface area contributed by atoms with Crippen molar-refractivity contribution in [2.24, 2.45) is 17.8 Å². The largest absolute Gasteiger partial charge is 0.396 e. The normalized spacial score (nSPS) is 27.8. The second-order valence-electron chi connectivity index (χ2n) is 11.7. The first-order chi connectivity index (χ1) is 20.3. The van der Waals surface area contributed by atoms with Crippen LogP contribution in [0.2, 0.25) is 0 Å². The van der Waals surface area contributed by atoms with Crippen molar-refractivity contribution < 1.29 is 19.5 Å². The third kappa shape index (κ3) is 4.94. The van der Waals surface area contributed by atoms with E-state index in [-0.39, 0.29) is 48.7 Å². The maximum Gasteiger partial charge on any atom is 0.248 e. The Labute approximate surface area is 251 Å². The lowest BCUT2D eigenvalue weighted by molar-refractivity contribution is -0.145. The van der Waals surface area contributed by atoms with Crippen molar-refractivity contribution in [1.82, 2.24) is 29.7 Å². The molecule has 6 atom stereocenters. The fourth-order valence-corrected chi connectivity index (χ4v) is 9.78. The van der Waals surface area contributed by atoms with Gasteiger partial charge in [-0.05, 0) is 43.7 Å². The number of carbonyl (C=O) groups excluding carboxylic acids is 3. The number of carbonyl (C=O) groups is 3. The minimum atomic E-state index is -0.731. The smallest absolute Gasteiger partial charge is 0.248 e. The molecule has 1 N–H and O–H groups in total. The fraction of sp³-hybridized carbons (Fsp3) is 0.581. The van der Waals surface area contributed by atoms with Gasteiger partial charge in [0.15, 0.2) is 0 Å². The van der Waals surface area contributed by atoms with Gasteiger partial charge in [-0.25, -0.2) is 4.68 Å². The number of aliphatic hydroxyl groups is 1. The Kier molecular flexibility index (Phi) is 9.08. The van der Waals surface area contributed by atoms with Crippen LogP contribution < -0.4 is 0 Å². The van der Waals surface area contributed by atoms with Crippen LogP contribution in [0.4, 0.5) is 0 Å². The van der Waals surface area contributed by atoms with Gasteiger partial charge < -0.3 is 19.8 Å². The van der Waals surface area contributed by atoms with Crippen LogP contribution in [0.25, 0.3) is 11.0 Å². The summed E-state index contributed by atoms with van der Waals surface area (Å²) in [7, 11) is 0. The van der Waals surface area contributed by atoms with E-state index in [9.17, 15) is 19.5 Å². The molecule has 0 radical (unpaired) electrons. The predicted octanol–water partition coefficient (Wildman–Crippen LogP) is 2.94. The minimum Gasteiger partial charge on any atom is -0.396 e. The van der Waals surface area contributed by atoms with E-state index >= 15 is 0 Å². The van der Waals surface area contributed by atoms with Gasteiger partial charge in [0.2, 0.25) is 17.7 Å². The Morgan fingerprint density at radius 1 is 1.17 bits per heavy atom. The summed E-state index contributed by atoms with van der Waals surface area (Å²) in [4.78, 5) is 48.4. The summed E-state index contributed by atoms with van der Waals surface area (Å²) in [6.45, 7) is 13.7. The predicted molar refractivity (Wildman–Crippen MR) is 163 cm³/mol. The number of unbranched alkanes of at least 4 members (excludes halogenated alkanes) is 1. The van der Waals surface area contributed by atoms with Gasteiger partial charge in [0.05, 0.1) is 22.1 Å². The second kappa shape index (κ2) is 12.6. The average molecular weight is 595 g/mol. The van der Waals surface area contributed by atoms with Crippen molar-refractivity contribution in [1.29, 1.82) is 0 Å². The zero-order valence-electron chi connectivity index (χ0n) is 24.6. The van der Waals surface area contributed by atoms with Gasteiger partial charge in [0.25, 0.3) is 0 Å². The molecule has 3 aliphatic heterocycles. The van der Waals surface area contributed by atoms with E-state index in [4.69, 9.17) is 0 Å². The van der Waals surface area contributed by atoms with Crippen LogP contribution in [0, 0.1) is 17.8 Å². The fourth-order valence-electron chi connectivity index (χ4n) is 7.37. The quantitative estimate of drug-likeness (QED) is 0.264. The van der Waals surface area contributed by atoms with Crippen molar-refractivity contribution in [2.45, 2.75) is 62.2 Å². The molecule has 5 rings (SSSR count). The molecule has 10 nitrogen and oxygen atoms in total. The lowest BCUT2D eigenvalue weighted by Crippen LogP contribution is -2.57. The maximum absolute atomic E-state index is 14.7. The Morgan fingerprint density at radius 3 is 2.62 bits per heavy atom. The summed E-state index contributed by atoms with van der Waals surface area (Å²) in [6, 6.07) is 6.86. The first-order valence-corrected chi connectivity index (χ1v) is 15.9. The first-order valence-electron chi connectivity index (χ1n) is 15.0. The maximum atomic E-state index is 14.7. The molecule has 0 saturated carbocycles. The number of aromatic nitrogens is 3. The molecule has 1 aromatic heterocycles. The molecule has 3 fully saturated rings. The number of rotatable bonds is 14. The number of hydrogen-bond acceptors (Lipinski definition) is 7. The van der Waals surface area contributed by atoms with Gasteiger partial charge in [-0.3, -0.25) is 14.4 Å². The average Bonchev–Trinajstić information content (AvgIpc) is 3.70. The zero-order valence-corrected chi connectivity index (χ0v) is 25.4. The molecule has 1 spiro atoms. The molecular formula is C31H42N6O4S. The number of benzene rings is 1. The van der Waals surface area contributed by atoms with Gasteiger partial charge in [0.1, 0.15) is 18.2 Å². The lowest BCUT2D eigenvalue weighted by Gasteiger charge is -2.41. The number of nitrogens with zero attached hydrogens (tertiary/aromatic N) is 6. The van der Waals surface area contributed by atoms with E-state index < -0.39 is 22.6 Å². The monoisotopic (exact) mass is 594 g/mol. The Hall–Kier alpha value is -3.18. The summed E-state index contributed by atoms with van der Waals surface area (Å²) >= 11 is 1.68. The molecule has 3 unspecified atom stereocenters. The number of hydrogen-bond donors (Lipinski definition) is 1. The number of thioether (sulfide) groups is 1. The summed E-state index contributed by atoms with van der Waals surface area (Å²) in [5.74, 6) is -1.28. The van der Waals surface area contributed by atoms with Gasteiger partial charge >= 0.3 is 0 Å². The summed E-state index contributed by atoms with van der Waals surface area (Å²) < 4.78 is 0.986. The van der Waals surface area contributed by atoms with Gasteiger partial charge in [-0.1, -0.05) is 43.3 Å². The van der Waals surface area contributed by atoms with E-state index in [0.29, 0.717) is 32.5 Å². The van der Waals surface area contributed by atoms with Crippen molar-refractivity contribution in [3.8, 4) is 0 Å². The molecule has 3 saturated heterocycles. The number of para-hydroxylation sites is 1. The zero-order chi connectivity index (χ0) is 30.0. The van der Waals surface area contributed by atoms with E-state index in [2.05, 4.69) is 30.4 Å². The van der Waals surface area contributed by atoms with E-state index in [1.54, 1.807) is 38.4 Å². The standard InChI is InChI=1S/C31H42N6O4S/c1-5-14-34(15-6-2)28(39)25-24-19-21(4)31(42-24)26(25)29(40)36(17-10-11-18-38)27(31)30(41)35(16-7-3)20-37-23-13-9-8-12-22(23)32-33-37/h5,7-9,12-13,21,24-27,38H,1,3,6,10-11,14-20H2,2,4H3/t21?,24-,25+,26-,27?,31?/m0/s1. The van der Waals surface area contributed by atoms with E-state index in [1.807, 2.05) is 36.1 Å². The third-order valence-corrected chi connectivity index (χ3v) is 11.2. The number of aliphatic hydroxyl groups excluding tert-OH is 1. The second-order valence-corrected chi connectivity index (χ2v) is 13.2. The molecule has 0 aliphatic carbocycles. The molecule has 2 bridgehead atoms. The van der Waals surface area contributed by atoms with Crippen molar-refractivity contribution in [3.05, 3.63) is 49.6 Å². The van der Waals surface area contributed by atoms with Crippen molar-refractivity contribution in [3.63, 3.8) is 0 Å². The molecule has 1 aromatic carbocycles. The molecule has 11 heteroatoms. The Balaban J connectivity index is 1.53. The molecule has 42 heavy (non-hydrogen) atoms. The molecule has 4 heterocycles. The highest BCUT2D eigenvalue weighted by atomic mass is 32.2. The third-order valence-electron chi connectivity index (χ3n) is 9.11. The lowest BCUT2D eigenvalue weighted by atomic mass is 9.65. The number of fused-ring (bicyclic) bond motifs is 2. The van der Waals surface area contributed by atoms with Crippen molar-refractivity contribution >= 4 is 40.5 Å². The molecule has 226 valence electrons. The molecule has 3 amide bonds. The number of likely N-dealkylation sites (tertiary alicyclic amines) is 1. The van der Waals surface area contributed by atoms with Crippen LogP contribution in [0.1, 0.15) is 39.5 Å². The topological polar surface area (TPSA) is 112 Å². The first kappa shape index (κ1) is 30.3. The molecule has 3 aliphatic rings. The minimum absolute atomic E-state index is 0.0122. The summed E-state index contributed by atoms with van der Waals surface area (Å²) in [6.07, 6.45) is 6.11. The van der Waals surface area contributed by atoms with Gasteiger partial charge in [0, 0.05) is 38.0 Å². The highest BCUT2D eigenvalue weighted by molar-refractivity contribution is 8.02. The summed E-state index contributed by atoms with van der Waals surface area (Å²) in [5.41, 5.74) is 1.55. The van der Waals surface area contributed by atoms with Crippen LogP contribution in [0.15, 0.2) is 49.6 Å². The van der Waals surface area contributed by atoms with Gasteiger partial charge in [-0.15, -0.1) is 30.0 Å². The summed E-state index contributed by atoms with van der Waals surface area (Å²) in [5, 5.41) is 18.0. The number of amides is 3. The van der Waals surface area contributed by atoms with Gasteiger partial charge in [-0.2, -0.15) is 0 Å². The van der Waals surface area contributed by atoms with Crippen molar-refractivity contribution in [2.75, 3.05) is 32.8 Å². The van der Waals surface area contributed by atoms with Crippen LogP contribution in [0.3, 0.4) is 0 Å². The molecular weight excluding hydrogens is 552 g/mol.